The molecule has 2 aromatic carbocycles. The van der Waals surface area contributed by atoms with E-state index >= 15 is 8.78 Å². The van der Waals surface area contributed by atoms with E-state index in [0.29, 0.717) is 37.9 Å². The Kier molecular flexibility index (Phi) is 11.0. The molecule has 0 N–H and O–H groups in total. The molecule has 43 heavy (non-hydrogen) atoms. The lowest BCUT2D eigenvalue weighted by atomic mass is 9.74. The van der Waals surface area contributed by atoms with Crippen molar-refractivity contribution in [2.75, 3.05) is 13.2 Å². The minimum Gasteiger partial charge on any atom is -0.432 e. The Bertz CT molecular complexity index is 1170. The molecule has 1 aliphatic heterocycles. The van der Waals surface area contributed by atoms with Crippen LogP contribution in [0.2, 0.25) is 0 Å². The molecule has 1 saturated heterocycles. The molecule has 0 spiro atoms. The fourth-order valence-corrected chi connectivity index (χ4v) is 7.29. The van der Waals surface area contributed by atoms with Crippen molar-refractivity contribution in [1.29, 1.82) is 0 Å². The van der Waals surface area contributed by atoms with Crippen molar-refractivity contribution >= 4 is 0 Å². The Morgan fingerprint density at radius 3 is 2.12 bits per heavy atom. The van der Waals surface area contributed by atoms with E-state index in [1.165, 1.54) is 75.6 Å². The van der Waals surface area contributed by atoms with Gasteiger partial charge in [0.25, 0.3) is 0 Å². The van der Waals surface area contributed by atoms with Gasteiger partial charge in [0.2, 0.25) is 0 Å². The number of halogens is 5. The standard InChI is InChI=1S/C35H45F5O3/c1-2-3-4-5-23-6-8-24(9-7-23)28-21-41-34(42-22-28)25-12-14-29(15-13-25)35(39,40)43-30-16-17-31(33(38)19-30)26-10-11-27(20-36)32(37)18-26/h10-11,16-19,23-25,28-29,34H,2-9,12-15,20-22H2,1H3. The first kappa shape index (κ1) is 32.2. The SMILES string of the molecule is CCCCCC1CCC(C2COC(C3CCC(C(F)(F)Oc4ccc(-c5ccc(CF)c(F)c5)c(F)c4)CC3)OC2)CC1. The van der Waals surface area contributed by atoms with Gasteiger partial charge < -0.3 is 14.2 Å². The van der Waals surface area contributed by atoms with Gasteiger partial charge in [-0.2, -0.15) is 8.78 Å². The fraction of sp³-hybridized carbons (Fsp3) is 0.657. The molecule has 5 rings (SSSR count). The molecule has 8 heteroatoms. The summed E-state index contributed by atoms with van der Waals surface area (Å²) < 4.78 is 89.2. The van der Waals surface area contributed by atoms with E-state index in [-0.39, 0.29) is 47.5 Å². The average molecular weight is 609 g/mol. The number of rotatable bonds is 11. The van der Waals surface area contributed by atoms with Crippen molar-refractivity contribution in [3.63, 3.8) is 0 Å². The zero-order valence-corrected chi connectivity index (χ0v) is 25.1. The molecular weight excluding hydrogens is 563 g/mol. The molecule has 0 unspecified atom stereocenters. The summed E-state index contributed by atoms with van der Waals surface area (Å²) in [5.74, 6) is -0.903. The highest BCUT2D eigenvalue weighted by Gasteiger charge is 2.46. The predicted octanol–water partition coefficient (Wildman–Crippen LogP) is 10.3. The van der Waals surface area contributed by atoms with Gasteiger partial charge in [0.05, 0.1) is 19.1 Å². The molecule has 0 aromatic heterocycles. The molecule has 2 aliphatic carbocycles. The molecule has 0 bridgehead atoms. The van der Waals surface area contributed by atoms with Crippen LogP contribution in [-0.2, 0) is 16.1 Å². The van der Waals surface area contributed by atoms with Gasteiger partial charge in [0, 0.05) is 29.0 Å². The lowest BCUT2D eigenvalue weighted by Gasteiger charge is -2.41. The van der Waals surface area contributed by atoms with Crippen molar-refractivity contribution in [3.8, 4) is 16.9 Å². The number of ether oxygens (including phenoxy) is 3. The Morgan fingerprint density at radius 2 is 1.49 bits per heavy atom. The van der Waals surface area contributed by atoms with E-state index in [9.17, 15) is 13.2 Å². The molecule has 3 fully saturated rings. The summed E-state index contributed by atoms with van der Waals surface area (Å²) in [6.07, 6.45) is 8.21. The molecule has 2 aromatic rings. The van der Waals surface area contributed by atoms with Crippen LogP contribution < -0.4 is 4.74 Å². The second-order valence-electron chi connectivity index (χ2n) is 12.9. The third kappa shape index (κ3) is 8.10. The van der Waals surface area contributed by atoms with Crippen LogP contribution in [-0.4, -0.2) is 25.6 Å². The molecule has 0 radical (unpaired) electrons. The van der Waals surface area contributed by atoms with Gasteiger partial charge >= 0.3 is 6.11 Å². The maximum atomic E-state index is 15.1. The second-order valence-corrected chi connectivity index (χ2v) is 12.9. The van der Waals surface area contributed by atoms with Gasteiger partial charge in [-0.05, 0) is 74.1 Å². The van der Waals surface area contributed by atoms with Crippen molar-refractivity contribution < 1.29 is 36.2 Å². The maximum Gasteiger partial charge on any atom is 0.400 e. The normalized spacial score (nSPS) is 28.5. The first-order valence-corrected chi connectivity index (χ1v) is 16.2. The Balaban J connectivity index is 1.06. The van der Waals surface area contributed by atoms with Crippen molar-refractivity contribution in [1.82, 2.24) is 0 Å². The van der Waals surface area contributed by atoms with Crippen LogP contribution in [0.15, 0.2) is 36.4 Å². The molecule has 2 saturated carbocycles. The van der Waals surface area contributed by atoms with E-state index in [2.05, 4.69) is 6.92 Å². The van der Waals surface area contributed by atoms with Crippen LogP contribution in [0.25, 0.3) is 11.1 Å². The van der Waals surface area contributed by atoms with Gasteiger partial charge in [-0.25, -0.2) is 13.2 Å². The highest BCUT2D eigenvalue weighted by atomic mass is 19.3. The number of alkyl halides is 3. The molecule has 0 amide bonds. The summed E-state index contributed by atoms with van der Waals surface area (Å²) in [5, 5.41) is 0. The largest absolute Gasteiger partial charge is 0.432 e. The van der Waals surface area contributed by atoms with Crippen LogP contribution >= 0.6 is 0 Å². The van der Waals surface area contributed by atoms with E-state index in [1.54, 1.807) is 0 Å². The summed E-state index contributed by atoms with van der Waals surface area (Å²) >= 11 is 0. The zero-order chi connectivity index (χ0) is 30.4. The quantitative estimate of drug-likeness (QED) is 0.188. The minimum atomic E-state index is -3.47. The smallest absolute Gasteiger partial charge is 0.400 e. The molecule has 3 aliphatic rings. The van der Waals surface area contributed by atoms with Crippen LogP contribution in [0.3, 0.4) is 0 Å². The molecule has 3 nitrogen and oxygen atoms in total. The van der Waals surface area contributed by atoms with E-state index in [0.717, 1.165) is 18.1 Å². The van der Waals surface area contributed by atoms with Gasteiger partial charge in [0.15, 0.2) is 6.29 Å². The highest BCUT2D eigenvalue weighted by molar-refractivity contribution is 5.65. The summed E-state index contributed by atoms with van der Waals surface area (Å²) in [7, 11) is 0. The van der Waals surface area contributed by atoms with Crippen LogP contribution in [0.1, 0.15) is 89.5 Å². The van der Waals surface area contributed by atoms with E-state index in [4.69, 9.17) is 14.2 Å². The molecule has 0 atom stereocenters. The Hall–Kier alpha value is -2.19. The van der Waals surface area contributed by atoms with Crippen molar-refractivity contribution in [3.05, 3.63) is 53.6 Å². The summed E-state index contributed by atoms with van der Waals surface area (Å²) in [6.45, 7) is 2.64. The zero-order valence-electron chi connectivity index (χ0n) is 25.1. The van der Waals surface area contributed by atoms with Gasteiger partial charge in [0.1, 0.15) is 24.1 Å². The van der Waals surface area contributed by atoms with Crippen LogP contribution in [0.5, 0.6) is 5.75 Å². The summed E-state index contributed by atoms with van der Waals surface area (Å²) in [4.78, 5) is 0. The Labute approximate surface area is 252 Å². The lowest BCUT2D eigenvalue weighted by molar-refractivity contribution is -0.251. The summed E-state index contributed by atoms with van der Waals surface area (Å²) in [5.41, 5.74) is 0.0765. The van der Waals surface area contributed by atoms with Crippen molar-refractivity contribution in [2.24, 2.45) is 29.6 Å². The highest BCUT2D eigenvalue weighted by Crippen LogP contribution is 2.43. The number of hydrogen-bond donors (Lipinski definition) is 0. The average Bonchev–Trinajstić information content (AvgIpc) is 3.01. The first-order chi connectivity index (χ1) is 20.8. The Morgan fingerprint density at radius 1 is 0.791 bits per heavy atom. The lowest BCUT2D eigenvalue weighted by Crippen LogP contribution is -2.43. The first-order valence-electron chi connectivity index (χ1n) is 16.2. The van der Waals surface area contributed by atoms with E-state index < -0.39 is 30.3 Å². The van der Waals surface area contributed by atoms with Crippen molar-refractivity contribution in [2.45, 2.75) is 103 Å². The third-order valence-corrected chi connectivity index (χ3v) is 10.1. The maximum absolute atomic E-state index is 15.1. The topological polar surface area (TPSA) is 27.7 Å². The minimum absolute atomic E-state index is 0.0188. The van der Waals surface area contributed by atoms with E-state index in [1.807, 2.05) is 0 Å². The van der Waals surface area contributed by atoms with Gasteiger partial charge in [-0.1, -0.05) is 57.6 Å². The van der Waals surface area contributed by atoms with Crippen LogP contribution in [0.4, 0.5) is 22.0 Å². The molecule has 238 valence electrons. The molecule has 1 heterocycles. The van der Waals surface area contributed by atoms with Gasteiger partial charge in [-0.3, -0.25) is 0 Å². The second kappa shape index (κ2) is 14.7. The van der Waals surface area contributed by atoms with Crippen LogP contribution in [0, 0.1) is 41.2 Å². The predicted molar refractivity (Wildman–Crippen MR) is 156 cm³/mol. The number of hydrogen-bond acceptors (Lipinski definition) is 3. The third-order valence-electron chi connectivity index (χ3n) is 10.1. The van der Waals surface area contributed by atoms with Gasteiger partial charge in [-0.15, -0.1) is 0 Å². The molecular formula is C35H45F5O3. The summed E-state index contributed by atoms with van der Waals surface area (Å²) in [6, 6.07) is 7.06. The monoisotopic (exact) mass is 608 g/mol. The fourth-order valence-electron chi connectivity index (χ4n) is 7.29. The number of unbranched alkanes of at least 4 members (excludes halogenated alkanes) is 2. The number of benzene rings is 2.